The van der Waals surface area contributed by atoms with Crippen LogP contribution in [-0.2, 0) is 14.3 Å². The molecule has 0 aromatic rings. The van der Waals surface area contributed by atoms with E-state index < -0.39 is 0 Å². The lowest BCUT2D eigenvalue weighted by atomic mass is 10.1. The highest BCUT2D eigenvalue weighted by molar-refractivity contribution is 7.98. The van der Waals surface area contributed by atoms with E-state index in [1.165, 1.54) is 0 Å². The van der Waals surface area contributed by atoms with Crippen LogP contribution in [-0.4, -0.2) is 43.0 Å². The van der Waals surface area contributed by atoms with Gasteiger partial charge in [0.25, 0.3) is 0 Å². The van der Waals surface area contributed by atoms with Crippen molar-refractivity contribution < 1.29 is 14.3 Å². The van der Waals surface area contributed by atoms with Crippen molar-refractivity contribution in [1.82, 2.24) is 5.32 Å². The van der Waals surface area contributed by atoms with Gasteiger partial charge in [0.05, 0.1) is 13.2 Å². The largest absolute Gasteiger partial charge is 0.353 e. The minimum atomic E-state index is -0.388. The first-order valence-corrected chi connectivity index (χ1v) is 7.62. The van der Waals surface area contributed by atoms with Gasteiger partial charge in [0, 0.05) is 30.6 Å². The van der Waals surface area contributed by atoms with Crippen LogP contribution in [0.4, 0.5) is 0 Å². The number of rotatable bonds is 4. The first-order chi connectivity index (χ1) is 8.15. The van der Waals surface area contributed by atoms with Crippen LogP contribution in [0.3, 0.4) is 0 Å². The summed E-state index contributed by atoms with van der Waals surface area (Å²) in [5.41, 5.74) is 0. The summed E-state index contributed by atoms with van der Waals surface area (Å²) in [6, 6.07) is 0.213. The Morgan fingerprint density at radius 1 is 1.53 bits per heavy atom. The maximum Gasteiger partial charge on any atom is 0.223 e. The third kappa shape index (κ3) is 3.14. The zero-order chi connectivity index (χ0) is 12.3. The number of hydrogen-bond acceptors (Lipinski definition) is 4. The SMILES string of the molecule is CSC[C@@H](C)C(=O)N[C@H]1CCC2(C1)OCCO2. The lowest BCUT2D eigenvalue weighted by molar-refractivity contribution is -0.151. The molecule has 2 fully saturated rings. The smallest absolute Gasteiger partial charge is 0.223 e. The Labute approximate surface area is 107 Å². The third-order valence-electron chi connectivity index (χ3n) is 3.46. The van der Waals surface area contributed by atoms with E-state index in [4.69, 9.17) is 9.47 Å². The van der Waals surface area contributed by atoms with Gasteiger partial charge in [0.1, 0.15) is 0 Å². The van der Waals surface area contributed by atoms with Crippen molar-refractivity contribution in [2.75, 3.05) is 25.2 Å². The summed E-state index contributed by atoms with van der Waals surface area (Å²) in [6.45, 7) is 3.34. The molecule has 98 valence electrons. The molecule has 1 N–H and O–H groups in total. The Bertz CT molecular complexity index is 279. The Kier molecular flexibility index (Phi) is 4.33. The second-order valence-electron chi connectivity index (χ2n) is 4.91. The van der Waals surface area contributed by atoms with E-state index in [0.717, 1.165) is 25.0 Å². The van der Waals surface area contributed by atoms with E-state index in [0.29, 0.717) is 13.2 Å². The quantitative estimate of drug-likeness (QED) is 0.829. The van der Waals surface area contributed by atoms with Crippen LogP contribution < -0.4 is 5.32 Å². The molecule has 1 aliphatic carbocycles. The fraction of sp³-hybridized carbons (Fsp3) is 0.917. The molecule has 1 amide bonds. The van der Waals surface area contributed by atoms with Gasteiger partial charge in [0.2, 0.25) is 5.91 Å². The first kappa shape index (κ1) is 13.2. The summed E-state index contributed by atoms with van der Waals surface area (Å²) in [6.07, 6.45) is 4.67. The van der Waals surface area contributed by atoms with E-state index in [1.807, 2.05) is 13.2 Å². The number of carbonyl (C=O) groups excluding carboxylic acids is 1. The second kappa shape index (κ2) is 5.59. The van der Waals surface area contributed by atoms with E-state index in [2.05, 4.69) is 5.32 Å². The molecule has 2 atom stereocenters. The van der Waals surface area contributed by atoms with Gasteiger partial charge in [-0.2, -0.15) is 11.8 Å². The van der Waals surface area contributed by atoms with Gasteiger partial charge >= 0.3 is 0 Å². The Balaban J connectivity index is 1.79. The van der Waals surface area contributed by atoms with Crippen LogP contribution in [0.1, 0.15) is 26.2 Å². The van der Waals surface area contributed by atoms with Crippen molar-refractivity contribution in [3.63, 3.8) is 0 Å². The molecule has 2 rings (SSSR count). The van der Waals surface area contributed by atoms with Crippen molar-refractivity contribution in [2.24, 2.45) is 5.92 Å². The monoisotopic (exact) mass is 259 g/mol. The van der Waals surface area contributed by atoms with Gasteiger partial charge in [-0.1, -0.05) is 6.92 Å². The van der Waals surface area contributed by atoms with Gasteiger partial charge in [-0.15, -0.1) is 0 Å². The van der Waals surface area contributed by atoms with Gasteiger partial charge in [-0.25, -0.2) is 0 Å². The molecule has 1 saturated heterocycles. The number of hydrogen-bond donors (Lipinski definition) is 1. The lowest BCUT2D eigenvalue weighted by Gasteiger charge is -2.22. The highest BCUT2D eigenvalue weighted by Crippen LogP contribution is 2.37. The fourth-order valence-electron chi connectivity index (χ4n) is 2.53. The zero-order valence-corrected chi connectivity index (χ0v) is 11.3. The van der Waals surface area contributed by atoms with Gasteiger partial charge < -0.3 is 14.8 Å². The highest BCUT2D eigenvalue weighted by Gasteiger charge is 2.44. The Morgan fingerprint density at radius 3 is 2.88 bits per heavy atom. The first-order valence-electron chi connectivity index (χ1n) is 6.22. The fourth-order valence-corrected chi connectivity index (χ4v) is 3.18. The van der Waals surface area contributed by atoms with Gasteiger partial charge in [-0.3, -0.25) is 4.79 Å². The second-order valence-corrected chi connectivity index (χ2v) is 5.82. The molecule has 17 heavy (non-hydrogen) atoms. The van der Waals surface area contributed by atoms with Crippen molar-refractivity contribution in [1.29, 1.82) is 0 Å². The van der Waals surface area contributed by atoms with Crippen molar-refractivity contribution in [3.05, 3.63) is 0 Å². The van der Waals surface area contributed by atoms with Crippen molar-refractivity contribution in [3.8, 4) is 0 Å². The molecular weight excluding hydrogens is 238 g/mol. The molecule has 0 bridgehead atoms. The van der Waals surface area contributed by atoms with Crippen molar-refractivity contribution in [2.45, 2.75) is 38.0 Å². The molecule has 4 nitrogen and oxygen atoms in total. The molecule has 5 heteroatoms. The molecule has 1 saturated carbocycles. The van der Waals surface area contributed by atoms with Crippen molar-refractivity contribution >= 4 is 17.7 Å². The maximum atomic E-state index is 11.9. The number of nitrogens with one attached hydrogen (secondary N) is 1. The topological polar surface area (TPSA) is 47.6 Å². The molecule has 1 spiro atoms. The zero-order valence-electron chi connectivity index (χ0n) is 10.5. The van der Waals surface area contributed by atoms with Crippen LogP contribution in [0, 0.1) is 5.92 Å². The molecule has 0 radical (unpaired) electrons. The predicted octanol–water partition coefficient (Wildman–Crippen LogP) is 1.40. The van der Waals surface area contributed by atoms with Crippen LogP contribution in [0.25, 0.3) is 0 Å². The highest BCUT2D eigenvalue weighted by atomic mass is 32.2. The van der Waals surface area contributed by atoms with Crippen LogP contribution in [0.2, 0.25) is 0 Å². The lowest BCUT2D eigenvalue weighted by Crippen LogP contribution is -2.39. The summed E-state index contributed by atoms with van der Waals surface area (Å²) < 4.78 is 11.3. The molecule has 0 unspecified atom stereocenters. The molecule has 2 aliphatic rings. The van der Waals surface area contributed by atoms with Gasteiger partial charge in [0.15, 0.2) is 5.79 Å². The summed E-state index contributed by atoms with van der Waals surface area (Å²) >= 11 is 1.70. The van der Waals surface area contributed by atoms with Crippen LogP contribution in [0.15, 0.2) is 0 Å². The number of amides is 1. The minimum Gasteiger partial charge on any atom is -0.353 e. The number of thioether (sulfide) groups is 1. The number of carbonyl (C=O) groups is 1. The maximum absolute atomic E-state index is 11.9. The molecular formula is C12H21NO3S. The Morgan fingerprint density at radius 2 is 2.24 bits per heavy atom. The molecule has 0 aromatic carbocycles. The third-order valence-corrected chi connectivity index (χ3v) is 4.29. The van der Waals surface area contributed by atoms with Gasteiger partial charge in [-0.05, 0) is 12.7 Å². The summed E-state index contributed by atoms with van der Waals surface area (Å²) in [4.78, 5) is 11.9. The predicted molar refractivity (Wildman–Crippen MR) is 68.0 cm³/mol. The summed E-state index contributed by atoms with van der Waals surface area (Å²) in [5, 5.41) is 3.10. The van der Waals surface area contributed by atoms with E-state index in [9.17, 15) is 4.79 Å². The average molecular weight is 259 g/mol. The summed E-state index contributed by atoms with van der Waals surface area (Å²) in [5.74, 6) is 0.712. The Hall–Kier alpha value is -0.260. The van der Waals surface area contributed by atoms with E-state index >= 15 is 0 Å². The molecule has 0 aromatic heterocycles. The van der Waals surface area contributed by atoms with E-state index in [-0.39, 0.29) is 23.7 Å². The minimum absolute atomic E-state index is 0.0759. The van der Waals surface area contributed by atoms with E-state index in [1.54, 1.807) is 11.8 Å². The van der Waals surface area contributed by atoms with Crippen LogP contribution >= 0.6 is 11.8 Å². The summed E-state index contributed by atoms with van der Waals surface area (Å²) in [7, 11) is 0. The average Bonchev–Trinajstić information content (AvgIpc) is 2.90. The van der Waals surface area contributed by atoms with Crippen LogP contribution in [0.5, 0.6) is 0 Å². The normalized spacial score (nSPS) is 28.5. The standard InChI is InChI=1S/C12H21NO3S/c1-9(8-17-2)11(14)13-10-3-4-12(7-10)15-5-6-16-12/h9-10H,3-8H2,1-2H3,(H,13,14)/t9-,10+/m1/s1. The number of ether oxygens (including phenoxy) is 2. The molecule has 1 aliphatic heterocycles. The molecule has 1 heterocycles.